The van der Waals surface area contributed by atoms with Gasteiger partial charge >= 0.3 is 6.18 Å². The third-order valence-corrected chi connectivity index (χ3v) is 2.99. The predicted molar refractivity (Wildman–Crippen MR) is 66.9 cm³/mol. The maximum atomic E-state index is 12.6. The zero-order chi connectivity index (χ0) is 14.8. The lowest BCUT2D eigenvalue weighted by molar-refractivity contribution is -0.0886. The standard InChI is InChI=1S/C13H17F3N2O/c1-7(6-17)9-3-4-10(8(2)18)11(5-9)12(19)13(14,15)16/h3-5,7-8H,6,17-18H2,1-2H3. The first-order chi connectivity index (χ1) is 8.68. The number of nitrogens with two attached hydrogens (primary N) is 2. The fourth-order valence-electron chi connectivity index (χ4n) is 1.76. The van der Waals surface area contributed by atoms with Gasteiger partial charge in [-0.15, -0.1) is 0 Å². The lowest BCUT2D eigenvalue weighted by atomic mass is 9.92. The van der Waals surface area contributed by atoms with Crippen molar-refractivity contribution in [1.82, 2.24) is 0 Å². The molecule has 0 aliphatic carbocycles. The normalized spacial score (nSPS) is 15.1. The van der Waals surface area contributed by atoms with Gasteiger partial charge in [-0.05, 0) is 36.6 Å². The van der Waals surface area contributed by atoms with E-state index in [1.807, 2.05) is 0 Å². The monoisotopic (exact) mass is 274 g/mol. The Morgan fingerprint density at radius 1 is 1.32 bits per heavy atom. The number of hydrogen-bond acceptors (Lipinski definition) is 3. The van der Waals surface area contributed by atoms with Gasteiger partial charge in [0, 0.05) is 11.6 Å². The molecule has 1 aromatic rings. The minimum absolute atomic E-state index is 0.123. The molecule has 0 bridgehead atoms. The SMILES string of the molecule is CC(N)c1ccc(C(C)CN)cc1C(=O)C(F)(F)F. The van der Waals surface area contributed by atoms with Gasteiger partial charge < -0.3 is 11.5 Å². The Balaban J connectivity index is 3.35. The average molecular weight is 274 g/mol. The first-order valence-electron chi connectivity index (χ1n) is 5.89. The van der Waals surface area contributed by atoms with E-state index in [4.69, 9.17) is 11.5 Å². The van der Waals surface area contributed by atoms with Gasteiger partial charge in [-0.2, -0.15) is 13.2 Å². The zero-order valence-corrected chi connectivity index (χ0v) is 10.8. The predicted octanol–water partition coefficient (Wildman–Crippen LogP) is 2.51. The molecule has 0 spiro atoms. The summed E-state index contributed by atoms with van der Waals surface area (Å²) in [5.74, 6) is -1.99. The third-order valence-electron chi connectivity index (χ3n) is 2.99. The van der Waals surface area contributed by atoms with Crippen molar-refractivity contribution >= 4 is 5.78 Å². The van der Waals surface area contributed by atoms with Gasteiger partial charge in [-0.25, -0.2) is 0 Å². The maximum absolute atomic E-state index is 12.6. The van der Waals surface area contributed by atoms with Gasteiger partial charge in [0.05, 0.1) is 0 Å². The molecule has 2 unspecified atom stereocenters. The molecule has 0 fully saturated rings. The molecule has 4 N–H and O–H groups in total. The van der Waals surface area contributed by atoms with Crippen molar-refractivity contribution in [2.24, 2.45) is 11.5 Å². The number of hydrogen-bond donors (Lipinski definition) is 2. The fourth-order valence-corrected chi connectivity index (χ4v) is 1.76. The molecule has 0 saturated heterocycles. The second-order valence-electron chi connectivity index (χ2n) is 4.60. The van der Waals surface area contributed by atoms with E-state index in [2.05, 4.69) is 0 Å². The molecule has 1 aromatic carbocycles. The summed E-state index contributed by atoms with van der Waals surface area (Å²) in [6, 6.07) is 3.71. The molecule has 2 atom stereocenters. The molecular formula is C13H17F3N2O. The largest absolute Gasteiger partial charge is 0.454 e. The zero-order valence-electron chi connectivity index (χ0n) is 10.8. The summed E-state index contributed by atoms with van der Waals surface area (Å²) in [6.07, 6.45) is -4.91. The Labute approximate surface area is 109 Å². The van der Waals surface area contributed by atoms with Crippen LogP contribution >= 0.6 is 0 Å². The lowest BCUT2D eigenvalue weighted by Gasteiger charge is -2.17. The van der Waals surface area contributed by atoms with E-state index in [1.165, 1.54) is 19.1 Å². The highest BCUT2D eigenvalue weighted by Crippen LogP contribution is 2.28. The van der Waals surface area contributed by atoms with Crippen LogP contribution in [0.4, 0.5) is 13.2 Å². The van der Waals surface area contributed by atoms with Crippen molar-refractivity contribution in [2.75, 3.05) is 6.54 Å². The number of halogens is 3. The molecule has 0 aliphatic rings. The third kappa shape index (κ3) is 3.54. The second-order valence-corrected chi connectivity index (χ2v) is 4.60. The molecule has 6 heteroatoms. The second kappa shape index (κ2) is 5.71. The minimum atomic E-state index is -4.91. The van der Waals surface area contributed by atoms with Crippen LogP contribution < -0.4 is 11.5 Å². The van der Waals surface area contributed by atoms with Crippen LogP contribution in [0.15, 0.2) is 18.2 Å². The fraction of sp³-hybridized carbons (Fsp3) is 0.462. The average Bonchev–Trinajstić information content (AvgIpc) is 2.34. The van der Waals surface area contributed by atoms with Crippen LogP contribution in [0.1, 0.15) is 47.3 Å². The van der Waals surface area contributed by atoms with Crippen LogP contribution in [0, 0.1) is 0 Å². The molecule has 0 aliphatic heterocycles. The molecule has 0 radical (unpaired) electrons. The van der Waals surface area contributed by atoms with E-state index in [1.54, 1.807) is 13.0 Å². The van der Waals surface area contributed by atoms with E-state index < -0.39 is 18.0 Å². The van der Waals surface area contributed by atoms with E-state index in [9.17, 15) is 18.0 Å². The van der Waals surface area contributed by atoms with Gasteiger partial charge in [0.1, 0.15) is 0 Å². The number of carbonyl (C=O) groups is 1. The van der Waals surface area contributed by atoms with Gasteiger partial charge in [0.2, 0.25) is 0 Å². The van der Waals surface area contributed by atoms with Crippen LogP contribution in [-0.4, -0.2) is 18.5 Å². The number of alkyl halides is 3. The van der Waals surface area contributed by atoms with Crippen LogP contribution in [-0.2, 0) is 0 Å². The maximum Gasteiger partial charge on any atom is 0.454 e. The molecule has 3 nitrogen and oxygen atoms in total. The number of rotatable bonds is 4. The van der Waals surface area contributed by atoms with E-state index >= 15 is 0 Å². The van der Waals surface area contributed by atoms with Crippen LogP contribution in [0.2, 0.25) is 0 Å². The Morgan fingerprint density at radius 3 is 2.32 bits per heavy atom. The highest BCUT2D eigenvalue weighted by atomic mass is 19.4. The molecular weight excluding hydrogens is 257 g/mol. The topological polar surface area (TPSA) is 69.1 Å². The lowest BCUT2D eigenvalue weighted by Crippen LogP contribution is -2.26. The van der Waals surface area contributed by atoms with Crippen molar-refractivity contribution < 1.29 is 18.0 Å². The van der Waals surface area contributed by atoms with Crippen LogP contribution in [0.25, 0.3) is 0 Å². The first-order valence-corrected chi connectivity index (χ1v) is 5.89. The molecule has 0 heterocycles. The molecule has 106 valence electrons. The molecule has 0 aromatic heterocycles. The number of carbonyl (C=O) groups excluding carboxylic acids is 1. The summed E-state index contributed by atoms with van der Waals surface area (Å²) in [5, 5.41) is 0. The first kappa shape index (κ1) is 15.7. The Hall–Kier alpha value is -1.40. The molecule has 19 heavy (non-hydrogen) atoms. The van der Waals surface area contributed by atoms with Crippen molar-refractivity contribution in [3.63, 3.8) is 0 Å². The summed E-state index contributed by atoms with van der Waals surface area (Å²) in [5.41, 5.74) is 11.5. The quantitative estimate of drug-likeness (QED) is 0.829. The smallest absolute Gasteiger partial charge is 0.330 e. The number of Topliss-reactive ketones (excluding diaryl/α,β-unsaturated/α-hetero) is 1. The van der Waals surface area contributed by atoms with E-state index in [0.717, 1.165) is 0 Å². The summed E-state index contributed by atoms with van der Waals surface area (Å²) in [6.45, 7) is 3.61. The van der Waals surface area contributed by atoms with Crippen molar-refractivity contribution in [2.45, 2.75) is 32.0 Å². The van der Waals surface area contributed by atoms with Crippen molar-refractivity contribution in [3.8, 4) is 0 Å². The van der Waals surface area contributed by atoms with Crippen molar-refractivity contribution in [1.29, 1.82) is 0 Å². The van der Waals surface area contributed by atoms with Gasteiger partial charge in [0.25, 0.3) is 5.78 Å². The van der Waals surface area contributed by atoms with Gasteiger partial charge in [-0.1, -0.05) is 19.1 Å². The van der Waals surface area contributed by atoms with E-state index in [0.29, 0.717) is 5.56 Å². The minimum Gasteiger partial charge on any atom is -0.330 e. The van der Waals surface area contributed by atoms with Crippen LogP contribution in [0.5, 0.6) is 0 Å². The van der Waals surface area contributed by atoms with Gasteiger partial charge in [0.15, 0.2) is 0 Å². The Morgan fingerprint density at radius 2 is 1.89 bits per heavy atom. The van der Waals surface area contributed by atoms with Crippen LogP contribution in [0.3, 0.4) is 0 Å². The summed E-state index contributed by atoms with van der Waals surface area (Å²) in [7, 11) is 0. The highest BCUT2D eigenvalue weighted by molar-refractivity contribution is 6.01. The Bertz CT molecular complexity index is 469. The summed E-state index contributed by atoms with van der Waals surface area (Å²) >= 11 is 0. The van der Waals surface area contributed by atoms with Crippen molar-refractivity contribution in [3.05, 3.63) is 34.9 Å². The number of ketones is 1. The molecule has 0 saturated carbocycles. The number of benzene rings is 1. The molecule has 1 rings (SSSR count). The highest BCUT2D eigenvalue weighted by Gasteiger charge is 2.40. The summed E-state index contributed by atoms with van der Waals surface area (Å²) in [4.78, 5) is 11.4. The van der Waals surface area contributed by atoms with Gasteiger partial charge in [-0.3, -0.25) is 4.79 Å². The molecule has 0 amide bonds. The van der Waals surface area contributed by atoms with E-state index in [-0.39, 0.29) is 23.6 Å². The summed E-state index contributed by atoms with van der Waals surface area (Å²) < 4.78 is 37.7. The Kier molecular flexibility index (Phi) is 4.70.